The van der Waals surface area contributed by atoms with Crippen LogP contribution in [0.4, 0.5) is 4.39 Å². The third kappa shape index (κ3) is 3.11. The Morgan fingerprint density at radius 1 is 1.04 bits per heavy atom. The van der Waals surface area contributed by atoms with Crippen LogP contribution < -0.4 is 4.74 Å². The second kappa shape index (κ2) is 6.72. The first-order valence-electron chi connectivity index (χ1n) is 7.74. The predicted molar refractivity (Wildman–Crippen MR) is 98.5 cm³/mol. The third-order valence-corrected chi connectivity index (χ3v) is 4.56. The van der Waals surface area contributed by atoms with Crippen LogP contribution in [0.15, 0.2) is 75.7 Å². The van der Waals surface area contributed by atoms with E-state index in [1.54, 1.807) is 48.5 Å². The van der Waals surface area contributed by atoms with Crippen molar-refractivity contribution in [3.63, 3.8) is 0 Å². The van der Waals surface area contributed by atoms with E-state index in [9.17, 15) is 9.18 Å². The third-order valence-electron chi connectivity index (χ3n) is 3.87. The van der Waals surface area contributed by atoms with E-state index >= 15 is 0 Å². The first-order chi connectivity index (χ1) is 12.6. The molecule has 26 heavy (non-hydrogen) atoms. The lowest BCUT2D eigenvalue weighted by Gasteiger charge is -2.05. The Hall–Kier alpha value is -2.99. The van der Waals surface area contributed by atoms with Crippen molar-refractivity contribution < 1.29 is 18.4 Å². The Balaban J connectivity index is 1.64. The monoisotopic (exact) mass is 411 g/mol. The molecule has 0 aliphatic rings. The highest BCUT2D eigenvalue weighted by Gasteiger charge is 2.15. The number of fused-ring (bicyclic) bond motifs is 1. The number of nitrogens with zero attached hydrogens (tertiary/aromatic N) is 1. The summed E-state index contributed by atoms with van der Waals surface area (Å²) >= 11 is 3.33. The van der Waals surface area contributed by atoms with Gasteiger partial charge in [0.2, 0.25) is 0 Å². The summed E-state index contributed by atoms with van der Waals surface area (Å²) in [5, 5.41) is 4.79. The van der Waals surface area contributed by atoms with Crippen molar-refractivity contribution in [1.29, 1.82) is 0 Å². The summed E-state index contributed by atoms with van der Waals surface area (Å²) in [6, 6.07) is 18.0. The molecule has 4 rings (SSSR count). The maximum atomic E-state index is 13.1. The van der Waals surface area contributed by atoms with Gasteiger partial charge >= 0.3 is 5.97 Å². The van der Waals surface area contributed by atoms with Gasteiger partial charge in [0.05, 0.1) is 5.56 Å². The lowest BCUT2D eigenvalue weighted by atomic mass is 10.1. The standard InChI is InChI=1S/C20H11BrFNO3/c21-17-4-2-1-3-15(17)20(24)25-14-9-10-16-18(11-14)26-23-19(16)12-5-7-13(22)8-6-12/h1-11H. The number of aromatic nitrogens is 1. The van der Waals surface area contributed by atoms with Crippen LogP contribution in [0.2, 0.25) is 0 Å². The van der Waals surface area contributed by atoms with Crippen molar-refractivity contribution in [2.24, 2.45) is 0 Å². The van der Waals surface area contributed by atoms with E-state index < -0.39 is 5.97 Å². The van der Waals surface area contributed by atoms with Crippen molar-refractivity contribution in [2.45, 2.75) is 0 Å². The average molecular weight is 412 g/mol. The van der Waals surface area contributed by atoms with Gasteiger partial charge in [-0.05, 0) is 64.5 Å². The van der Waals surface area contributed by atoms with Crippen LogP contribution in [0.5, 0.6) is 5.75 Å². The molecule has 3 aromatic carbocycles. The number of ether oxygens (including phenoxy) is 1. The summed E-state index contributed by atoms with van der Waals surface area (Å²) in [5.74, 6) is -0.446. The number of carbonyl (C=O) groups is 1. The molecule has 0 unspecified atom stereocenters. The quantitative estimate of drug-likeness (QED) is 0.324. The normalized spacial score (nSPS) is 10.8. The van der Waals surface area contributed by atoms with E-state index in [0.717, 1.165) is 10.9 Å². The SMILES string of the molecule is O=C(Oc1ccc2c(-c3ccc(F)cc3)noc2c1)c1ccccc1Br. The number of carbonyl (C=O) groups excluding carboxylic acids is 1. The van der Waals surface area contributed by atoms with E-state index in [4.69, 9.17) is 9.26 Å². The number of hydrogen-bond donors (Lipinski definition) is 0. The van der Waals surface area contributed by atoms with E-state index in [0.29, 0.717) is 27.1 Å². The number of rotatable bonds is 3. The van der Waals surface area contributed by atoms with Gasteiger partial charge in [-0.3, -0.25) is 0 Å². The molecule has 0 radical (unpaired) electrons. The summed E-state index contributed by atoms with van der Waals surface area (Å²) in [7, 11) is 0. The van der Waals surface area contributed by atoms with Gasteiger partial charge in [0, 0.05) is 21.5 Å². The number of halogens is 2. The summed E-state index contributed by atoms with van der Waals surface area (Å²) in [4.78, 5) is 12.3. The summed E-state index contributed by atoms with van der Waals surface area (Å²) in [6.07, 6.45) is 0. The van der Waals surface area contributed by atoms with Gasteiger partial charge in [-0.1, -0.05) is 17.3 Å². The largest absolute Gasteiger partial charge is 0.423 e. The second-order valence-electron chi connectivity index (χ2n) is 5.57. The van der Waals surface area contributed by atoms with Gasteiger partial charge in [0.15, 0.2) is 5.58 Å². The zero-order valence-electron chi connectivity index (χ0n) is 13.3. The maximum Gasteiger partial charge on any atom is 0.344 e. The molecule has 0 saturated carbocycles. The topological polar surface area (TPSA) is 52.3 Å². The molecule has 128 valence electrons. The Bertz CT molecular complexity index is 1110. The Kier molecular flexibility index (Phi) is 4.26. The fraction of sp³-hybridized carbons (Fsp3) is 0. The zero-order chi connectivity index (χ0) is 18.1. The highest BCUT2D eigenvalue weighted by molar-refractivity contribution is 9.10. The zero-order valence-corrected chi connectivity index (χ0v) is 14.9. The molecule has 1 heterocycles. The fourth-order valence-electron chi connectivity index (χ4n) is 2.59. The molecule has 0 fully saturated rings. The lowest BCUT2D eigenvalue weighted by molar-refractivity contribution is 0.0734. The molecular formula is C20H11BrFNO3. The number of esters is 1. The molecule has 0 spiro atoms. The minimum atomic E-state index is -0.477. The predicted octanol–water partition coefficient (Wildman–Crippen LogP) is 5.62. The van der Waals surface area contributed by atoms with Crippen LogP contribution in [-0.2, 0) is 0 Å². The minimum absolute atomic E-state index is 0.317. The molecule has 0 saturated heterocycles. The molecule has 0 bridgehead atoms. The fourth-order valence-corrected chi connectivity index (χ4v) is 3.03. The highest BCUT2D eigenvalue weighted by Crippen LogP contribution is 2.31. The van der Waals surface area contributed by atoms with Crippen LogP contribution >= 0.6 is 15.9 Å². The van der Waals surface area contributed by atoms with E-state index in [1.807, 2.05) is 6.07 Å². The Morgan fingerprint density at radius 2 is 1.81 bits per heavy atom. The lowest BCUT2D eigenvalue weighted by Crippen LogP contribution is -2.08. The molecule has 6 heteroatoms. The molecule has 1 aromatic heterocycles. The van der Waals surface area contributed by atoms with Crippen molar-refractivity contribution >= 4 is 32.9 Å². The minimum Gasteiger partial charge on any atom is -0.423 e. The number of hydrogen-bond acceptors (Lipinski definition) is 4. The van der Waals surface area contributed by atoms with Crippen LogP contribution in [0.1, 0.15) is 10.4 Å². The molecule has 0 atom stereocenters. The first-order valence-corrected chi connectivity index (χ1v) is 8.53. The van der Waals surface area contributed by atoms with Crippen molar-refractivity contribution in [2.75, 3.05) is 0 Å². The van der Waals surface area contributed by atoms with Gasteiger partial charge in [0.1, 0.15) is 17.3 Å². The summed E-state index contributed by atoms with van der Waals surface area (Å²) in [6.45, 7) is 0. The van der Waals surface area contributed by atoms with Crippen LogP contribution in [0.25, 0.3) is 22.2 Å². The van der Waals surface area contributed by atoms with Gasteiger partial charge in [-0.2, -0.15) is 0 Å². The van der Waals surface area contributed by atoms with Crippen molar-refractivity contribution in [3.8, 4) is 17.0 Å². The number of benzene rings is 3. The van der Waals surface area contributed by atoms with Crippen molar-refractivity contribution in [3.05, 3.63) is 82.6 Å². The van der Waals surface area contributed by atoms with Crippen LogP contribution in [0.3, 0.4) is 0 Å². The molecule has 4 aromatic rings. The molecule has 0 aliphatic heterocycles. The van der Waals surface area contributed by atoms with E-state index in [1.165, 1.54) is 12.1 Å². The Morgan fingerprint density at radius 3 is 2.58 bits per heavy atom. The van der Waals surface area contributed by atoms with Gasteiger partial charge in [0.25, 0.3) is 0 Å². The van der Waals surface area contributed by atoms with Gasteiger partial charge in [-0.15, -0.1) is 0 Å². The van der Waals surface area contributed by atoms with Crippen LogP contribution in [-0.4, -0.2) is 11.1 Å². The molecule has 0 aliphatic carbocycles. The molecule has 0 amide bonds. The second-order valence-corrected chi connectivity index (χ2v) is 6.42. The smallest absolute Gasteiger partial charge is 0.344 e. The van der Waals surface area contributed by atoms with Gasteiger partial charge < -0.3 is 9.26 Å². The summed E-state index contributed by atoms with van der Waals surface area (Å²) < 4.78 is 24.5. The van der Waals surface area contributed by atoms with E-state index in [2.05, 4.69) is 21.1 Å². The maximum absolute atomic E-state index is 13.1. The average Bonchev–Trinajstić information content (AvgIpc) is 3.06. The first kappa shape index (κ1) is 16.5. The van der Waals surface area contributed by atoms with E-state index in [-0.39, 0.29) is 5.82 Å². The summed E-state index contributed by atoms with van der Waals surface area (Å²) in [5.41, 5.74) is 2.24. The van der Waals surface area contributed by atoms with Gasteiger partial charge in [-0.25, -0.2) is 9.18 Å². The van der Waals surface area contributed by atoms with Crippen molar-refractivity contribution in [1.82, 2.24) is 5.16 Å². The molecule has 0 N–H and O–H groups in total. The van der Waals surface area contributed by atoms with Crippen LogP contribution in [0, 0.1) is 5.82 Å². The Labute approximate surface area is 156 Å². The molecule has 4 nitrogen and oxygen atoms in total. The molecular weight excluding hydrogens is 401 g/mol. The highest BCUT2D eigenvalue weighted by atomic mass is 79.9.